The summed E-state index contributed by atoms with van der Waals surface area (Å²) in [5.74, 6) is -0.366. The third-order valence-corrected chi connectivity index (χ3v) is 3.32. The van der Waals surface area contributed by atoms with Crippen LogP contribution in [0.25, 0.3) is 0 Å². The fourth-order valence-electron chi connectivity index (χ4n) is 2.25. The number of pyridine rings is 1. The molecule has 0 amide bonds. The molecule has 1 aliphatic rings. The minimum absolute atomic E-state index is 0.00989. The topological polar surface area (TPSA) is 82.5 Å². The number of aromatic nitrogens is 1. The average molecular weight is 250 g/mol. The normalized spacial score (nSPS) is 24.3. The highest BCUT2D eigenvalue weighted by atomic mass is 16.4. The summed E-state index contributed by atoms with van der Waals surface area (Å²) >= 11 is 0. The number of nitrogens with zero attached hydrogens (tertiary/aromatic N) is 1. The highest BCUT2D eigenvalue weighted by Crippen LogP contribution is 2.21. The fraction of sp³-hybridized carbons (Fsp3) is 0.538. The van der Waals surface area contributed by atoms with Gasteiger partial charge in [-0.15, -0.1) is 0 Å². The summed E-state index contributed by atoms with van der Waals surface area (Å²) in [6.07, 6.45) is 6.02. The second-order valence-electron chi connectivity index (χ2n) is 4.69. The van der Waals surface area contributed by atoms with Crippen LogP contribution in [0.2, 0.25) is 0 Å². The van der Waals surface area contributed by atoms with Gasteiger partial charge in [-0.05, 0) is 25.0 Å². The van der Waals surface area contributed by atoms with Crippen LogP contribution in [0.1, 0.15) is 42.5 Å². The van der Waals surface area contributed by atoms with E-state index in [1.165, 1.54) is 12.3 Å². The number of carboxylic acids is 1. The van der Waals surface area contributed by atoms with Crippen molar-refractivity contribution in [1.82, 2.24) is 4.98 Å². The number of rotatable bonds is 3. The Hall–Kier alpha value is -1.62. The van der Waals surface area contributed by atoms with Gasteiger partial charge >= 0.3 is 5.97 Å². The quantitative estimate of drug-likeness (QED) is 0.713. The molecule has 18 heavy (non-hydrogen) atoms. The molecule has 1 saturated carbocycles. The first-order chi connectivity index (χ1) is 8.66. The molecule has 0 radical (unpaired) electrons. The maximum absolute atomic E-state index is 10.7. The van der Waals surface area contributed by atoms with Crippen LogP contribution in [0.15, 0.2) is 18.3 Å². The van der Waals surface area contributed by atoms with Gasteiger partial charge in [-0.3, -0.25) is 0 Å². The van der Waals surface area contributed by atoms with Crippen molar-refractivity contribution in [3.8, 4) is 0 Å². The summed E-state index contributed by atoms with van der Waals surface area (Å²) in [5.41, 5.74) is 0.168. The Kier molecular flexibility index (Phi) is 4.15. The SMILES string of the molecule is O=C(O)c1ccc(NC2CCCCCC2O)nc1. The van der Waals surface area contributed by atoms with E-state index >= 15 is 0 Å². The van der Waals surface area contributed by atoms with E-state index in [1.807, 2.05) is 0 Å². The molecule has 0 saturated heterocycles. The van der Waals surface area contributed by atoms with Gasteiger partial charge in [0.25, 0.3) is 0 Å². The van der Waals surface area contributed by atoms with Crippen molar-refractivity contribution in [2.24, 2.45) is 0 Å². The Bertz CT molecular complexity index is 405. The molecule has 5 nitrogen and oxygen atoms in total. The lowest BCUT2D eigenvalue weighted by Gasteiger charge is -2.22. The molecule has 5 heteroatoms. The predicted octanol–water partition coefficient (Wildman–Crippen LogP) is 1.89. The van der Waals surface area contributed by atoms with Gasteiger partial charge in [0, 0.05) is 6.20 Å². The maximum Gasteiger partial charge on any atom is 0.337 e. The molecule has 3 N–H and O–H groups in total. The highest BCUT2D eigenvalue weighted by molar-refractivity contribution is 5.87. The Morgan fingerprint density at radius 1 is 1.28 bits per heavy atom. The van der Waals surface area contributed by atoms with Gasteiger partial charge in [-0.2, -0.15) is 0 Å². The number of aromatic carboxylic acids is 1. The van der Waals surface area contributed by atoms with Crippen LogP contribution in [0.4, 0.5) is 5.82 Å². The first-order valence-electron chi connectivity index (χ1n) is 6.31. The highest BCUT2D eigenvalue weighted by Gasteiger charge is 2.21. The number of hydrogen-bond donors (Lipinski definition) is 3. The van der Waals surface area contributed by atoms with E-state index in [2.05, 4.69) is 10.3 Å². The first-order valence-corrected chi connectivity index (χ1v) is 6.31. The van der Waals surface area contributed by atoms with E-state index in [0.717, 1.165) is 32.1 Å². The van der Waals surface area contributed by atoms with Gasteiger partial charge in [0.05, 0.1) is 17.7 Å². The standard InChI is InChI=1S/C13H18N2O3/c16-11-5-3-1-2-4-10(11)15-12-7-6-9(8-14-12)13(17)18/h6-8,10-11,16H,1-5H2,(H,14,15)(H,17,18). The molecule has 98 valence electrons. The molecule has 1 aliphatic carbocycles. The zero-order valence-electron chi connectivity index (χ0n) is 10.2. The van der Waals surface area contributed by atoms with Crippen LogP contribution < -0.4 is 5.32 Å². The molecule has 2 rings (SSSR count). The lowest BCUT2D eigenvalue weighted by molar-refractivity contribution is 0.0696. The first kappa shape index (κ1) is 12.8. The molecule has 0 bridgehead atoms. The molecule has 0 aromatic carbocycles. The number of hydrogen-bond acceptors (Lipinski definition) is 4. The smallest absolute Gasteiger partial charge is 0.337 e. The summed E-state index contributed by atoms with van der Waals surface area (Å²) in [7, 11) is 0. The summed E-state index contributed by atoms with van der Waals surface area (Å²) in [6.45, 7) is 0. The number of aliphatic hydroxyl groups is 1. The Balaban J connectivity index is 2.01. The largest absolute Gasteiger partial charge is 0.478 e. The molecule has 1 fully saturated rings. The Morgan fingerprint density at radius 2 is 2.06 bits per heavy atom. The molecule has 2 unspecified atom stereocenters. The summed E-state index contributed by atoms with van der Waals surface area (Å²) in [6, 6.07) is 3.16. The predicted molar refractivity (Wildman–Crippen MR) is 67.7 cm³/mol. The maximum atomic E-state index is 10.7. The van der Waals surface area contributed by atoms with Crippen LogP contribution in [-0.2, 0) is 0 Å². The molecule has 1 aromatic rings. The zero-order valence-corrected chi connectivity index (χ0v) is 10.2. The minimum Gasteiger partial charge on any atom is -0.478 e. The van der Waals surface area contributed by atoms with Crippen molar-refractivity contribution in [3.63, 3.8) is 0 Å². The zero-order chi connectivity index (χ0) is 13.0. The second-order valence-corrected chi connectivity index (χ2v) is 4.69. The number of anilines is 1. The van der Waals surface area contributed by atoms with Crippen molar-refractivity contribution in [1.29, 1.82) is 0 Å². The summed E-state index contributed by atoms with van der Waals surface area (Å²) in [5, 5.41) is 21.9. The van der Waals surface area contributed by atoms with Crippen LogP contribution in [0, 0.1) is 0 Å². The van der Waals surface area contributed by atoms with Gasteiger partial charge in [0.1, 0.15) is 5.82 Å². The molecular formula is C13H18N2O3. The van der Waals surface area contributed by atoms with Crippen molar-refractivity contribution < 1.29 is 15.0 Å². The van der Waals surface area contributed by atoms with Gasteiger partial charge < -0.3 is 15.5 Å². The number of aliphatic hydroxyl groups excluding tert-OH is 1. The number of carbonyl (C=O) groups is 1. The average Bonchev–Trinajstić information content (AvgIpc) is 2.56. The van der Waals surface area contributed by atoms with Crippen molar-refractivity contribution >= 4 is 11.8 Å². The minimum atomic E-state index is -0.983. The van der Waals surface area contributed by atoms with Gasteiger partial charge in [-0.25, -0.2) is 9.78 Å². The summed E-state index contributed by atoms with van der Waals surface area (Å²) in [4.78, 5) is 14.8. The van der Waals surface area contributed by atoms with E-state index in [4.69, 9.17) is 5.11 Å². The van der Waals surface area contributed by atoms with Crippen molar-refractivity contribution in [2.75, 3.05) is 5.32 Å². The molecular weight excluding hydrogens is 232 g/mol. The Morgan fingerprint density at radius 3 is 2.72 bits per heavy atom. The van der Waals surface area contributed by atoms with Crippen LogP contribution in [-0.4, -0.2) is 33.3 Å². The van der Waals surface area contributed by atoms with E-state index in [1.54, 1.807) is 6.07 Å². The number of carboxylic acid groups (broad SMARTS) is 1. The van der Waals surface area contributed by atoms with E-state index in [0.29, 0.717) is 5.82 Å². The van der Waals surface area contributed by atoms with Gasteiger partial charge in [-0.1, -0.05) is 19.3 Å². The Labute approximate surface area is 106 Å². The van der Waals surface area contributed by atoms with E-state index in [9.17, 15) is 9.90 Å². The van der Waals surface area contributed by atoms with E-state index < -0.39 is 5.97 Å². The van der Waals surface area contributed by atoms with Gasteiger partial charge in [0.15, 0.2) is 0 Å². The van der Waals surface area contributed by atoms with Crippen LogP contribution in [0.3, 0.4) is 0 Å². The van der Waals surface area contributed by atoms with Crippen LogP contribution >= 0.6 is 0 Å². The van der Waals surface area contributed by atoms with Crippen molar-refractivity contribution in [3.05, 3.63) is 23.9 Å². The van der Waals surface area contributed by atoms with Gasteiger partial charge in [0.2, 0.25) is 0 Å². The monoisotopic (exact) mass is 250 g/mol. The second kappa shape index (κ2) is 5.82. The van der Waals surface area contributed by atoms with E-state index in [-0.39, 0.29) is 17.7 Å². The summed E-state index contributed by atoms with van der Waals surface area (Å²) < 4.78 is 0. The lowest BCUT2D eigenvalue weighted by atomic mass is 10.1. The van der Waals surface area contributed by atoms with Crippen LogP contribution in [0.5, 0.6) is 0 Å². The third kappa shape index (κ3) is 3.20. The lowest BCUT2D eigenvalue weighted by Crippen LogP contribution is -2.32. The molecule has 2 atom stereocenters. The molecule has 0 spiro atoms. The molecule has 1 heterocycles. The van der Waals surface area contributed by atoms with Crippen molar-refractivity contribution in [2.45, 2.75) is 44.2 Å². The fourth-order valence-corrected chi connectivity index (χ4v) is 2.25. The number of nitrogens with one attached hydrogen (secondary N) is 1. The molecule has 1 aromatic heterocycles. The third-order valence-electron chi connectivity index (χ3n) is 3.32. The molecule has 0 aliphatic heterocycles.